The van der Waals surface area contributed by atoms with Crippen LogP contribution in [-0.4, -0.2) is 54.3 Å². The SMILES string of the molecule is O=C(c1ccc(F)cc1)[C@H]1CC[C@H]2CN(CC3CC3)CCN2C1. The van der Waals surface area contributed by atoms with Gasteiger partial charge in [0.25, 0.3) is 0 Å². The summed E-state index contributed by atoms with van der Waals surface area (Å²) in [5, 5.41) is 0. The molecule has 2 aliphatic heterocycles. The summed E-state index contributed by atoms with van der Waals surface area (Å²) in [5.74, 6) is 0.936. The lowest BCUT2D eigenvalue weighted by Gasteiger charge is -2.46. The van der Waals surface area contributed by atoms with Crippen molar-refractivity contribution in [3.8, 4) is 0 Å². The highest BCUT2D eigenvalue weighted by atomic mass is 19.1. The van der Waals surface area contributed by atoms with Crippen molar-refractivity contribution < 1.29 is 9.18 Å². The molecule has 4 heteroatoms. The fourth-order valence-electron chi connectivity index (χ4n) is 4.13. The van der Waals surface area contributed by atoms with E-state index in [1.807, 2.05) is 0 Å². The van der Waals surface area contributed by atoms with Gasteiger partial charge in [0, 0.05) is 50.2 Å². The molecule has 0 aromatic heterocycles. The quantitative estimate of drug-likeness (QED) is 0.798. The smallest absolute Gasteiger partial charge is 0.167 e. The number of carbonyl (C=O) groups is 1. The molecule has 124 valence electrons. The van der Waals surface area contributed by atoms with Crippen molar-refractivity contribution in [3.63, 3.8) is 0 Å². The summed E-state index contributed by atoms with van der Waals surface area (Å²) in [4.78, 5) is 17.8. The van der Waals surface area contributed by atoms with Crippen molar-refractivity contribution in [1.29, 1.82) is 0 Å². The summed E-state index contributed by atoms with van der Waals surface area (Å²) in [5.41, 5.74) is 0.655. The van der Waals surface area contributed by atoms with E-state index in [1.54, 1.807) is 12.1 Å². The minimum Gasteiger partial charge on any atom is -0.300 e. The fourth-order valence-corrected chi connectivity index (χ4v) is 4.13. The molecule has 1 saturated carbocycles. The van der Waals surface area contributed by atoms with E-state index in [-0.39, 0.29) is 17.5 Å². The van der Waals surface area contributed by atoms with Gasteiger partial charge in [-0.2, -0.15) is 0 Å². The summed E-state index contributed by atoms with van der Waals surface area (Å²) in [6, 6.07) is 6.64. The maximum Gasteiger partial charge on any atom is 0.167 e. The van der Waals surface area contributed by atoms with E-state index in [0.717, 1.165) is 38.4 Å². The van der Waals surface area contributed by atoms with E-state index in [2.05, 4.69) is 9.80 Å². The topological polar surface area (TPSA) is 23.6 Å². The number of halogens is 1. The second-order valence-electron chi connectivity index (χ2n) is 7.50. The Morgan fingerprint density at radius 3 is 2.57 bits per heavy atom. The van der Waals surface area contributed by atoms with Crippen LogP contribution in [0.25, 0.3) is 0 Å². The van der Waals surface area contributed by atoms with Crippen LogP contribution in [0.5, 0.6) is 0 Å². The minimum absolute atomic E-state index is 0.0756. The van der Waals surface area contributed by atoms with Crippen LogP contribution >= 0.6 is 0 Å². The lowest BCUT2D eigenvalue weighted by molar-refractivity contribution is 0.0261. The number of piperazine rings is 1. The van der Waals surface area contributed by atoms with E-state index in [0.29, 0.717) is 11.6 Å². The summed E-state index contributed by atoms with van der Waals surface area (Å²) < 4.78 is 13.0. The van der Waals surface area contributed by atoms with Gasteiger partial charge in [-0.05, 0) is 55.9 Å². The number of ketones is 1. The molecule has 0 amide bonds. The number of benzene rings is 1. The number of rotatable bonds is 4. The third kappa shape index (κ3) is 3.48. The van der Waals surface area contributed by atoms with Gasteiger partial charge in [0.2, 0.25) is 0 Å². The first-order valence-electron chi connectivity index (χ1n) is 8.95. The van der Waals surface area contributed by atoms with Gasteiger partial charge in [-0.1, -0.05) is 0 Å². The number of piperidine rings is 1. The largest absolute Gasteiger partial charge is 0.300 e. The molecule has 4 rings (SSSR count). The van der Waals surface area contributed by atoms with Crippen LogP contribution in [0.1, 0.15) is 36.0 Å². The van der Waals surface area contributed by atoms with E-state index in [1.165, 1.54) is 38.1 Å². The Hall–Kier alpha value is -1.26. The second-order valence-corrected chi connectivity index (χ2v) is 7.50. The first-order valence-corrected chi connectivity index (χ1v) is 8.95. The van der Waals surface area contributed by atoms with E-state index >= 15 is 0 Å². The Kier molecular flexibility index (Phi) is 4.20. The maximum atomic E-state index is 13.0. The second kappa shape index (κ2) is 6.33. The first kappa shape index (κ1) is 15.3. The lowest BCUT2D eigenvalue weighted by Crippen LogP contribution is -2.57. The summed E-state index contributed by atoms with van der Waals surface area (Å²) in [7, 11) is 0. The average Bonchev–Trinajstić information content (AvgIpc) is 3.38. The molecule has 1 aliphatic carbocycles. The standard InChI is InChI=1S/C19H25FN2O/c20-17-6-3-15(4-7-17)19(23)16-5-8-18-13-21(11-14-1-2-14)9-10-22(18)12-16/h3-4,6-7,14,16,18H,1-2,5,8-13H2/t16-,18-/m0/s1. The van der Waals surface area contributed by atoms with Crippen LogP contribution in [0.15, 0.2) is 24.3 Å². The van der Waals surface area contributed by atoms with Gasteiger partial charge >= 0.3 is 0 Å². The normalized spacial score (nSPS) is 29.3. The summed E-state index contributed by atoms with van der Waals surface area (Å²) >= 11 is 0. The zero-order valence-electron chi connectivity index (χ0n) is 13.6. The van der Waals surface area contributed by atoms with Gasteiger partial charge < -0.3 is 4.90 Å². The predicted octanol–water partition coefficient (Wildman–Crippen LogP) is 2.81. The Bertz CT molecular complexity index is 569. The molecule has 2 heterocycles. The monoisotopic (exact) mass is 316 g/mol. The van der Waals surface area contributed by atoms with Crippen molar-refractivity contribution >= 4 is 5.78 Å². The van der Waals surface area contributed by atoms with E-state index in [4.69, 9.17) is 0 Å². The molecule has 0 spiro atoms. The van der Waals surface area contributed by atoms with Crippen LogP contribution < -0.4 is 0 Å². The van der Waals surface area contributed by atoms with E-state index < -0.39 is 0 Å². The van der Waals surface area contributed by atoms with Gasteiger partial charge in [0.15, 0.2) is 5.78 Å². The molecule has 2 atom stereocenters. The van der Waals surface area contributed by atoms with Crippen LogP contribution in [0, 0.1) is 17.7 Å². The third-order valence-electron chi connectivity index (χ3n) is 5.70. The van der Waals surface area contributed by atoms with Crippen molar-refractivity contribution in [2.75, 3.05) is 32.7 Å². The number of fused-ring (bicyclic) bond motifs is 1. The highest BCUT2D eigenvalue weighted by molar-refractivity contribution is 5.98. The molecule has 0 unspecified atom stereocenters. The number of Topliss-reactive ketones (excluding diaryl/α,β-unsaturated/α-hetero) is 1. The third-order valence-corrected chi connectivity index (χ3v) is 5.70. The molecule has 3 nitrogen and oxygen atoms in total. The van der Waals surface area contributed by atoms with Gasteiger partial charge in [0.05, 0.1) is 0 Å². The van der Waals surface area contributed by atoms with Crippen molar-refractivity contribution in [1.82, 2.24) is 9.80 Å². The molecule has 0 N–H and O–H groups in total. The molecule has 3 fully saturated rings. The Balaban J connectivity index is 1.35. The molecule has 0 bridgehead atoms. The minimum atomic E-state index is -0.281. The highest BCUT2D eigenvalue weighted by Crippen LogP contribution is 2.32. The predicted molar refractivity (Wildman–Crippen MR) is 88.0 cm³/mol. The highest BCUT2D eigenvalue weighted by Gasteiger charge is 2.36. The Morgan fingerprint density at radius 2 is 1.83 bits per heavy atom. The van der Waals surface area contributed by atoms with E-state index in [9.17, 15) is 9.18 Å². The molecule has 23 heavy (non-hydrogen) atoms. The molecule has 3 aliphatic rings. The zero-order chi connectivity index (χ0) is 15.8. The first-order chi connectivity index (χ1) is 11.2. The van der Waals surface area contributed by atoms with Crippen LogP contribution in [-0.2, 0) is 0 Å². The van der Waals surface area contributed by atoms with Crippen LogP contribution in [0.3, 0.4) is 0 Å². The van der Waals surface area contributed by atoms with Crippen molar-refractivity contribution in [2.24, 2.45) is 11.8 Å². The maximum absolute atomic E-state index is 13.0. The Labute approximate surface area is 137 Å². The van der Waals surface area contributed by atoms with Gasteiger partial charge in [-0.25, -0.2) is 4.39 Å². The molecular weight excluding hydrogens is 291 g/mol. The molecule has 1 aromatic rings. The molecule has 0 radical (unpaired) electrons. The lowest BCUT2D eigenvalue weighted by atomic mass is 9.86. The Morgan fingerprint density at radius 1 is 1.04 bits per heavy atom. The van der Waals surface area contributed by atoms with Crippen molar-refractivity contribution in [2.45, 2.75) is 31.7 Å². The average molecular weight is 316 g/mol. The number of nitrogens with zero attached hydrogens (tertiary/aromatic N) is 2. The molecule has 2 saturated heterocycles. The molecular formula is C19H25FN2O. The van der Waals surface area contributed by atoms with Crippen LogP contribution in [0.4, 0.5) is 4.39 Å². The van der Waals surface area contributed by atoms with Crippen LogP contribution in [0.2, 0.25) is 0 Å². The summed E-state index contributed by atoms with van der Waals surface area (Å²) in [6.07, 6.45) is 4.91. The number of carbonyl (C=O) groups excluding carboxylic acids is 1. The van der Waals surface area contributed by atoms with Gasteiger partial charge in [-0.15, -0.1) is 0 Å². The number of hydrogen-bond donors (Lipinski definition) is 0. The van der Waals surface area contributed by atoms with Gasteiger partial charge in [-0.3, -0.25) is 9.69 Å². The molecule has 1 aromatic carbocycles. The van der Waals surface area contributed by atoms with Gasteiger partial charge in [0.1, 0.15) is 5.82 Å². The zero-order valence-corrected chi connectivity index (χ0v) is 13.6. The fraction of sp³-hybridized carbons (Fsp3) is 0.632. The summed E-state index contributed by atoms with van der Waals surface area (Å²) in [6.45, 7) is 5.56. The van der Waals surface area contributed by atoms with Crippen molar-refractivity contribution in [3.05, 3.63) is 35.6 Å². The number of hydrogen-bond acceptors (Lipinski definition) is 3.